The number of nitrogens with zero attached hydrogens (tertiary/aromatic N) is 7. The van der Waals surface area contributed by atoms with Gasteiger partial charge in [-0.2, -0.15) is 14.5 Å². The number of carbonyl (C=O) groups is 1. The summed E-state index contributed by atoms with van der Waals surface area (Å²) in [4.78, 5) is 20.3. The molecule has 35 heavy (non-hydrogen) atoms. The predicted molar refractivity (Wildman–Crippen MR) is 131 cm³/mol. The Morgan fingerprint density at radius 3 is 2.49 bits per heavy atom. The van der Waals surface area contributed by atoms with Crippen molar-refractivity contribution in [2.75, 3.05) is 26.2 Å². The molecule has 0 atom stereocenters. The summed E-state index contributed by atoms with van der Waals surface area (Å²) in [6.07, 6.45) is 5.15. The quantitative estimate of drug-likeness (QED) is 0.422. The lowest BCUT2D eigenvalue weighted by atomic mass is 10.0. The third-order valence-electron chi connectivity index (χ3n) is 6.32. The number of amides is 1. The third-order valence-corrected chi connectivity index (χ3v) is 8.32. The number of sulfonamides is 1. The van der Waals surface area contributed by atoms with Crippen LogP contribution >= 0.6 is 0 Å². The molecule has 1 aliphatic heterocycles. The highest BCUT2D eigenvalue weighted by Gasteiger charge is 2.33. The Morgan fingerprint density at radius 1 is 1.09 bits per heavy atom. The molecule has 1 amide bonds. The summed E-state index contributed by atoms with van der Waals surface area (Å²) in [7, 11) is -1.85. The number of para-hydroxylation sites is 1. The Balaban J connectivity index is 1.40. The van der Waals surface area contributed by atoms with Gasteiger partial charge in [0, 0.05) is 63.1 Å². The fourth-order valence-corrected chi connectivity index (χ4v) is 6.00. The first-order valence-corrected chi connectivity index (χ1v) is 12.9. The van der Waals surface area contributed by atoms with Gasteiger partial charge >= 0.3 is 0 Å². The van der Waals surface area contributed by atoms with Crippen molar-refractivity contribution in [3.63, 3.8) is 0 Å². The molecule has 0 spiro atoms. The smallest absolute Gasteiger partial charge is 0.254 e. The van der Waals surface area contributed by atoms with Crippen LogP contribution in [0.15, 0.2) is 53.8 Å². The van der Waals surface area contributed by atoms with E-state index in [4.69, 9.17) is 4.98 Å². The number of hydrogen-bond donors (Lipinski definition) is 0. The molecule has 5 rings (SSSR count). The molecule has 4 aromatic rings. The van der Waals surface area contributed by atoms with Crippen LogP contribution in [0.4, 0.5) is 0 Å². The number of aryl methyl sites for hydroxylation is 3. The van der Waals surface area contributed by atoms with Gasteiger partial charge in [-0.25, -0.2) is 13.4 Å². The van der Waals surface area contributed by atoms with Crippen molar-refractivity contribution in [3.8, 4) is 11.3 Å². The van der Waals surface area contributed by atoms with Crippen LogP contribution in [0.1, 0.15) is 23.0 Å². The Labute approximate surface area is 203 Å². The molecule has 3 aromatic heterocycles. The summed E-state index contributed by atoms with van der Waals surface area (Å²) in [5, 5.41) is 9.26. The van der Waals surface area contributed by atoms with E-state index in [1.54, 1.807) is 39.6 Å². The molecule has 0 saturated carbocycles. The average Bonchev–Trinajstić information content (AvgIpc) is 3.48. The van der Waals surface area contributed by atoms with Crippen molar-refractivity contribution in [3.05, 3.63) is 60.2 Å². The van der Waals surface area contributed by atoms with Crippen LogP contribution in [0, 0.1) is 6.92 Å². The summed E-state index contributed by atoms with van der Waals surface area (Å²) in [5.74, 6) is -0.138. The Morgan fingerprint density at radius 2 is 1.83 bits per heavy atom. The first-order chi connectivity index (χ1) is 16.8. The molecule has 182 valence electrons. The highest BCUT2D eigenvalue weighted by molar-refractivity contribution is 7.89. The number of rotatable bonds is 5. The maximum atomic E-state index is 13.6. The monoisotopic (exact) mass is 493 g/mol. The number of hydrogen-bond acceptors (Lipinski definition) is 6. The van der Waals surface area contributed by atoms with Gasteiger partial charge < -0.3 is 4.90 Å². The van der Waals surface area contributed by atoms with E-state index < -0.39 is 10.0 Å². The SMILES string of the molecule is CCn1cc(S(=O)(=O)N2CCN(C(=O)c3cc(-c4cnn(C)c4)nc4ccccc34)CC2)c(C)n1. The molecule has 1 aromatic carbocycles. The third kappa shape index (κ3) is 4.21. The number of piperazine rings is 1. The van der Waals surface area contributed by atoms with Crippen molar-refractivity contribution in [2.45, 2.75) is 25.3 Å². The molecule has 0 bridgehead atoms. The van der Waals surface area contributed by atoms with Gasteiger partial charge in [0.2, 0.25) is 10.0 Å². The first kappa shape index (κ1) is 23.2. The Bertz CT molecular complexity index is 1520. The van der Waals surface area contributed by atoms with E-state index in [1.807, 2.05) is 44.4 Å². The Kier molecular flexibility index (Phi) is 5.89. The van der Waals surface area contributed by atoms with E-state index in [1.165, 1.54) is 4.31 Å². The summed E-state index contributed by atoms with van der Waals surface area (Å²) < 4.78 is 31.2. The van der Waals surface area contributed by atoms with Gasteiger partial charge in [-0.3, -0.25) is 14.2 Å². The first-order valence-electron chi connectivity index (χ1n) is 11.5. The minimum absolute atomic E-state index is 0.138. The normalized spacial score (nSPS) is 15.1. The lowest BCUT2D eigenvalue weighted by Crippen LogP contribution is -2.50. The average molecular weight is 494 g/mol. The van der Waals surface area contributed by atoms with Gasteiger partial charge in [0.05, 0.1) is 28.7 Å². The second-order valence-electron chi connectivity index (χ2n) is 8.61. The lowest BCUT2D eigenvalue weighted by Gasteiger charge is -2.34. The zero-order valence-electron chi connectivity index (χ0n) is 19.9. The van der Waals surface area contributed by atoms with Gasteiger partial charge in [-0.15, -0.1) is 0 Å². The van der Waals surface area contributed by atoms with Crippen LogP contribution in [0.25, 0.3) is 22.2 Å². The van der Waals surface area contributed by atoms with Crippen LogP contribution in [-0.2, 0) is 23.6 Å². The molecule has 0 unspecified atom stereocenters. The van der Waals surface area contributed by atoms with Crippen molar-refractivity contribution in [1.29, 1.82) is 0 Å². The Hall–Kier alpha value is -3.57. The molecule has 10 nitrogen and oxygen atoms in total. The second kappa shape index (κ2) is 8.90. The fraction of sp³-hybridized carbons (Fsp3) is 0.333. The van der Waals surface area contributed by atoms with Gasteiger partial charge in [0.1, 0.15) is 4.90 Å². The number of pyridine rings is 1. The van der Waals surface area contributed by atoms with Crippen LogP contribution in [-0.4, -0.2) is 74.3 Å². The van der Waals surface area contributed by atoms with Crippen LogP contribution in [0.3, 0.4) is 0 Å². The standard InChI is InChI=1S/C24H27N7O3S/c1-4-30-16-23(17(2)27-30)35(33,34)31-11-9-29(10-12-31)24(32)20-13-22(18-14-25-28(3)15-18)26-21-8-6-5-7-19(20)21/h5-8,13-16H,4,9-12H2,1-3H3. The molecule has 4 heterocycles. The minimum Gasteiger partial charge on any atom is -0.336 e. The largest absolute Gasteiger partial charge is 0.336 e. The number of fused-ring (bicyclic) bond motifs is 1. The molecule has 0 N–H and O–H groups in total. The topological polar surface area (TPSA) is 106 Å². The molecule has 11 heteroatoms. The van der Waals surface area contributed by atoms with Gasteiger partial charge in [-0.05, 0) is 26.0 Å². The lowest BCUT2D eigenvalue weighted by molar-refractivity contribution is 0.0700. The summed E-state index contributed by atoms with van der Waals surface area (Å²) in [6.45, 7) is 5.27. The van der Waals surface area contributed by atoms with Crippen LogP contribution in [0.5, 0.6) is 0 Å². The van der Waals surface area contributed by atoms with E-state index in [2.05, 4.69) is 10.2 Å². The number of benzene rings is 1. The molecule has 1 fully saturated rings. The molecular weight excluding hydrogens is 466 g/mol. The predicted octanol–water partition coefficient (Wildman–Crippen LogP) is 2.31. The fourth-order valence-electron chi connectivity index (χ4n) is 4.41. The van der Waals surface area contributed by atoms with Crippen molar-refractivity contribution in [2.24, 2.45) is 7.05 Å². The minimum atomic E-state index is -3.68. The molecule has 0 radical (unpaired) electrons. The van der Waals surface area contributed by atoms with E-state index in [-0.39, 0.29) is 23.9 Å². The second-order valence-corrected chi connectivity index (χ2v) is 10.5. The maximum absolute atomic E-state index is 13.6. The van der Waals surface area contributed by atoms with E-state index in [0.29, 0.717) is 36.6 Å². The van der Waals surface area contributed by atoms with E-state index in [0.717, 1.165) is 16.5 Å². The highest BCUT2D eigenvalue weighted by atomic mass is 32.2. The van der Waals surface area contributed by atoms with Crippen LogP contribution < -0.4 is 0 Å². The van der Waals surface area contributed by atoms with Crippen molar-refractivity contribution < 1.29 is 13.2 Å². The molecule has 1 saturated heterocycles. The van der Waals surface area contributed by atoms with Crippen molar-refractivity contribution >= 4 is 26.8 Å². The van der Waals surface area contributed by atoms with Crippen LogP contribution in [0.2, 0.25) is 0 Å². The van der Waals surface area contributed by atoms with Gasteiger partial charge in [-0.1, -0.05) is 18.2 Å². The van der Waals surface area contributed by atoms with E-state index in [9.17, 15) is 13.2 Å². The summed E-state index contributed by atoms with van der Waals surface area (Å²) in [6, 6.07) is 9.34. The number of aromatic nitrogens is 5. The summed E-state index contributed by atoms with van der Waals surface area (Å²) >= 11 is 0. The number of carbonyl (C=O) groups excluding carboxylic acids is 1. The molecule has 1 aliphatic rings. The molecule has 0 aliphatic carbocycles. The zero-order valence-corrected chi connectivity index (χ0v) is 20.7. The maximum Gasteiger partial charge on any atom is 0.254 e. The van der Waals surface area contributed by atoms with Gasteiger partial charge in [0.25, 0.3) is 5.91 Å². The highest BCUT2D eigenvalue weighted by Crippen LogP contribution is 2.27. The molecular formula is C24H27N7O3S. The zero-order chi connectivity index (χ0) is 24.7. The van der Waals surface area contributed by atoms with Crippen molar-refractivity contribution in [1.82, 2.24) is 33.8 Å². The van der Waals surface area contributed by atoms with Gasteiger partial charge in [0.15, 0.2) is 0 Å². The van der Waals surface area contributed by atoms with E-state index >= 15 is 0 Å². The summed E-state index contributed by atoms with van der Waals surface area (Å²) in [5.41, 5.74) is 3.25.